The van der Waals surface area contributed by atoms with Crippen LogP contribution in [0.15, 0.2) is 0 Å². The smallest absolute Gasteiger partial charge is 0.308 e. The molecule has 6 heteroatoms. The molecular weight excluding hydrogens is 344 g/mol. The summed E-state index contributed by atoms with van der Waals surface area (Å²) in [6.07, 6.45) is 7.15. The first-order valence-corrected chi connectivity index (χ1v) is 10.1. The summed E-state index contributed by atoms with van der Waals surface area (Å²) in [7, 11) is 0. The van der Waals surface area contributed by atoms with Crippen LogP contribution in [-0.4, -0.2) is 28.7 Å². The number of rotatable bonds is 14. The SMILES string of the molecule is CCCCCCCC(OC(=O)CCC(C)S)OC(=O)CCC(C)S. The summed E-state index contributed by atoms with van der Waals surface area (Å²) >= 11 is 8.51. The van der Waals surface area contributed by atoms with Crippen LogP contribution in [0.2, 0.25) is 0 Å². The lowest BCUT2D eigenvalue weighted by molar-refractivity contribution is -0.189. The quantitative estimate of drug-likeness (QED) is 0.194. The second-order valence-corrected chi connectivity index (χ2v) is 8.15. The van der Waals surface area contributed by atoms with Crippen LogP contribution in [0.1, 0.15) is 85.0 Å². The zero-order valence-corrected chi connectivity index (χ0v) is 17.1. The summed E-state index contributed by atoms with van der Waals surface area (Å²) in [5, 5.41) is 0.286. The Kier molecular flexibility index (Phi) is 14.7. The normalized spacial score (nSPS) is 14.7. The molecule has 142 valence electrons. The van der Waals surface area contributed by atoms with Gasteiger partial charge in [0.25, 0.3) is 0 Å². The van der Waals surface area contributed by atoms with Crippen LogP contribution in [0.4, 0.5) is 0 Å². The highest BCUT2D eigenvalue weighted by molar-refractivity contribution is 7.81. The van der Waals surface area contributed by atoms with Gasteiger partial charge in [-0.25, -0.2) is 0 Å². The summed E-state index contributed by atoms with van der Waals surface area (Å²) in [6.45, 7) is 6.03. The van der Waals surface area contributed by atoms with Gasteiger partial charge in [-0.3, -0.25) is 9.59 Å². The molecule has 0 saturated carbocycles. The topological polar surface area (TPSA) is 52.6 Å². The predicted molar refractivity (Wildman–Crippen MR) is 105 cm³/mol. The Morgan fingerprint density at radius 1 is 0.792 bits per heavy atom. The Morgan fingerprint density at radius 2 is 1.25 bits per heavy atom. The molecule has 0 spiro atoms. The summed E-state index contributed by atoms with van der Waals surface area (Å²) < 4.78 is 10.7. The van der Waals surface area contributed by atoms with Gasteiger partial charge in [0.05, 0.1) is 0 Å². The Bertz CT molecular complexity index is 320. The van der Waals surface area contributed by atoms with Crippen molar-refractivity contribution in [3.8, 4) is 0 Å². The Morgan fingerprint density at radius 3 is 1.67 bits per heavy atom. The molecule has 0 aliphatic carbocycles. The Hall–Kier alpha value is -0.360. The minimum absolute atomic E-state index is 0.143. The lowest BCUT2D eigenvalue weighted by Gasteiger charge is -2.19. The van der Waals surface area contributed by atoms with Crippen molar-refractivity contribution < 1.29 is 19.1 Å². The van der Waals surface area contributed by atoms with Gasteiger partial charge in [0.1, 0.15) is 0 Å². The molecule has 2 unspecified atom stereocenters. The fraction of sp³-hybridized carbons (Fsp3) is 0.889. The number of carbonyl (C=O) groups excluding carboxylic acids is 2. The van der Waals surface area contributed by atoms with Crippen molar-refractivity contribution in [2.75, 3.05) is 0 Å². The first-order chi connectivity index (χ1) is 11.3. The van der Waals surface area contributed by atoms with Gasteiger partial charge in [0.15, 0.2) is 0 Å². The minimum Gasteiger partial charge on any atom is -0.425 e. The molecule has 0 aliphatic heterocycles. The molecule has 24 heavy (non-hydrogen) atoms. The number of carbonyl (C=O) groups is 2. The molecule has 0 amide bonds. The van der Waals surface area contributed by atoms with Gasteiger partial charge >= 0.3 is 11.9 Å². The van der Waals surface area contributed by atoms with Crippen LogP contribution < -0.4 is 0 Å². The highest BCUT2D eigenvalue weighted by Crippen LogP contribution is 2.14. The van der Waals surface area contributed by atoms with Crippen LogP contribution >= 0.6 is 25.3 Å². The van der Waals surface area contributed by atoms with Crippen LogP contribution in [0.3, 0.4) is 0 Å². The molecule has 0 rings (SSSR count). The third-order valence-corrected chi connectivity index (χ3v) is 4.12. The number of unbranched alkanes of at least 4 members (excludes halogenated alkanes) is 4. The Balaban J connectivity index is 4.30. The third kappa shape index (κ3) is 15.2. The molecule has 0 saturated heterocycles. The molecule has 4 nitrogen and oxygen atoms in total. The van der Waals surface area contributed by atoms with Crippen LogP contribution in [0.5, 0.6) is 0 Å². The molecule has 0 heterocycles. The molecule has 0 aliphatic rings. The molecule has 0 aromatic heterocycles. The molecular formula is C18H34O4S2. The average molecular weight is 379 g/mol. The Labute approximate surface area is 158 Å². The lowest BCUT2D eigenvalue weighted by Crippen LogP contribution is -2.25. The first kappa shape index (κ1) is 23.6. The number of hydrogen-bond donors (Lipinski definition) is 2. The monoisotopic (exact) mass is 378 g/mol. The second kappa shape index (κ2) is 14.9. The van der Waals surface area contributed by atoms with Gasteiger partial charge in [0, 0.05) is 19.3 Å². The summed E-state index contributed by atoms with van der Waals surface area (Å²) in [5.41, 5.74) is 0. The maximum atomic E-state index is 11.9. The molecule has 0 aromatic rings. The van der Waals surface area contributed by atoms with Crippen molar-refractivity contribution in [1.29, 1.82) is 0 Å². The van der Waals surface area contributed by atoms with Crippen molar-refractivity contribution in [3.63, 3.8) is 0 Å². The van der Waals surface area contributed by atoms with E-state index >= 15 is 0 Å². The fourth-order valence-corrected chi connectivity index (χ4v) is 2.38. The van der Waals surface area contributed by atoms with E-state index < -0.39 is 6.29 Å². The van der Waals surface area contributed by atoms with Gasteiger partial charge in [-0.2, -0.15) is 25.3 Å². The summed E-state index contributed by atoms with van der Waals surface area (Å²) in [4.78, 5) is 23.8. The minimum atomic E-state index is -0.767. The third-order valence-electron chi connectivity index (χ3n) is 3.60. The van der Waals surface area contributed by atoms with Crippen molar-refractivity contribution in [2.24, 2.45) is 0 Å². The van der Waals surface area contributed by atoms with Gasteiger partial charge < -0.3 is 9.47 Å². The van der Waals surface area contributed by atoms with Crippen LogP contribution in [-0.2, 0) is 19.1 Å². The number of hydrogen-bond acceptors (Lipinski definition) is 6. The molecule has 2 atom stereocenters. The average Bonchev–Trinajstić information content (AvgIpc) is 2.50. The summed E-state index contributed by atoms with van der Waals surface area (Å²) in [6, 6.07) is 0. The van der Waals surface area contributed by atoms with E-state index in [1.165, 1.54) is 12.8 Å². The van der Waals surface area contributed by atoms with Gasteiger partial charge in [0.2, 0.25) is 6.29 Å². The van der Waals surface area contributed by atoms with Crippen molar-refractivity contribution in [3.05, 3.63) is 0 Å². The van der Waals surface area contributed by atoms with Crippen LogP contribution in [0, 0.1) is 0 Å². The maximum absolute atomic E-state index is 11.9. The van der Waals surface area contributed by atoms with E-state index in [0.717, 1.165) is 19.3 Å². The van der Waals surface area contributed by atoms with E-state index in [1.54, 1.807) is 0 Å². The maximum Gasteiger partial charge on any atom is 0.308 e. The van der Waals surface area contributed by atoms with Gasteiger partial charge in [-0.05, 0) is 29.8 Å². The first-order valence-electron chi connectivity index (χ1n) is 9.10. The van der Waals surface area contributed by atoms with Crippen molar-refractivity contribution in [2.45, 2.75) is 102 Å². The van der Waals surface area contributed by atoms with Crippen molar-refractivity contribution in [1.82, 2.24) is 0 Å². The van der Waals surface area contributed by atoms with Crippen LogP contribution in [0.25, 0.3) is 0 Å². The predicted octanol–water partition coefficient (Wildman–Crippen LogP) is 4.96. The number of thiol groups is 2. The van der Waals surface area contributed by atoms with E-state index in [9.17, 15) is 9.59 Å². The summed E-state index contributed by atoms with van der Waals surface area (Å²) in [5.74, 6) is -0.658. The highest BCUT2D eigenvalue weighted by atomic mass is 32.1. The van der Waals surface area contributed by atoms with Crippen molar-refractivity contribution >= 4 is 37.2 Å². The van der Waals surface area contributed by atoms with Gasteiger partial charge in [-0.15, -0.1) is 0 Å². The molecule has 0 aromatic carbocycles. The number of ether oxygens (including phenoxy) is 2. The van der Waals surface area contributed by atoms with E-state index in [2.05, 4.69) is 32.2 Å². The van der Waals surface area contributed by atoms with E-state index in [-0.39, 0.29) is 22.4 Å². The second-order valence-electron chi connectivity index (χ2n) is 6.39. The lowest BCUT2D eigenvalue weighted by atomic mass is 10.1. The highest BCUT2D eigenvalue weighted by Gasteiger charge is 2.19. The molecule has 0 fully saturated rings. The molecule has 0 radical (unpaired) electrons. The standard InChI is InChI=1S/C18H34O4S2/c1-4-5-6-7-8-9-18(21-16(19)12-10-14(2)23)22-17(20)13-11-15(3)24/h14-15,18,23-24H,4-13H2,1-3H3. The van der Waals surface area contributed by atoms with E-state index in [1.807, 2.05) is 13.8 Å². The zero-order chi connectivity index (χ0) is 18.4. The van der Waals surface area contributed by atoms with E-state index in [0.29, 0.717) is 32.1 Å². The van der Waals surface area contributed by atoms with Gasteiger partial charge in [-0.1, -0.05) is 46.5 Å². The molecule has 0 bridgehead atoms. The zero-order valence-electron chi connectivity index (χ0n) is 15.3. The molecule has 0 N–H and O–H groups in total. The van der Waals surface area contributed by atoms with E-state index in [4.69, 9.17) is 9.47 Å². The fourth-order valence-electron chi connectivity index (χ4n) is 2.12. The number of esters is 2. The largest absolute Gasteiger partial charge is 0.425 e.